The van der Waals surface area contributed by atoms with E-state index < -0.39 is 0 Å². The maximum atomic E-state index is 6.65. The van der Waals surface area contributed by atoms with Crippen LogP contribution in [-0.2, 0) is 0 Å². The number of ether oxygens (including phenoxy) is 1. The van der Waals surface area contributed by atoms with Gasteiger partial charge in [-0.2, -0.15) is 0 Å². The second-order valence-electron chi connectivity index (χ2n) is 11.4. The lowest BCUT2D eigenvalue weighted by atomic mass is 9.78. The Labute approximate surface area is 236 Å². The normalized spacial score (nSPS) is 12.6. The standard InChI is InChI=1S/C34H37N4O2/c1-35(2)21-9-13-25-29(17-21)39-30-18-22(36(3)4)10-14-26(30)33(25)34-27-15-11-23(37(5)6)19-31(27)40-32-20-24(38(7)8)12-16-28(32)34/h9-20,33H,1-8H3/q+1. The molecule has 0 N–H and O–H groups in total. The van der Waals surface area contributed by atoms with E-state index >= 15 is 0 Å². The van der Waals surface area contributed by atoms with Crippen LogP contribution in [0, 0.1) is 0 Å². The molecule has 2 aliphatic heterocycles. The number of fused-ring (bicyclic) bond motifs is 4. The van der Waals surface area contributed by atoms with E-state index in [0.29, 0.717) is 0 Å². The van der Waals surface area contributed by atoms with E-state index in [0.717, 1.165) is 67.3 Å². The van der Waals surface area contributed by atoms with E-state index in [9.17, 15) is 0 Å². The van der Waals surface area contributed by atoms with Crippen molar-refractivity contribution in [2.45, 2.75) is 5.92 Å². The van der Waals surface area contributed by atoms with Gasteiger partial charge in [-0.05, 0) is 35.9 Å². The summed E-state index contributed by atoms with van der Waals surface area (Å²) in [6.07, 6.45) is 0. The quantitative estimate of drug-likeness (QED) is 0.204. The SMILES string of the molecule is CN(C)c1ccc2c(c1)Oc1cc(N(C)C)ccc1C2c1c2ccc(=[N+](C)C)cc-2oc2cc(N(C)C)ccc12. The number of hydrogen-bond acceptors (Lipinski definition) is 5. The fourth-order valence-electron chi connectivity index (χ4n) is 5.62. The summed E-state index contributed by atoms with van der Waals surface area (Å²) in [6.45, 7) is 0. The molecule has 0 spiro atoms. The smallest absolute Gasteiger partial charge is 0.203 e. The second-order valence-corrected chi connectivity index (χ2v) is 11.4. The van der Waals surface area contributed by atoms with E-state index in [4.69, 9.17) is 9.15 Å². The van der Waals surface area contributed by atoms with E-state index in [2.05, 4.69) is 148 Å². The van der Waals surface area contributed by atoms with Crippen molar-refractivity contribution in [3.8, 4) is 22.8 Å². The fourth-order valence-corrected chi connectivity index (χ4v) is 5.62. The second kappa shape index (κ2) is 9.63. The van der Waals surface area contributed by atoms with Gasteiger partial charge in [-0.3, -0.25) is 0 Å². The van der Waals surface area contributed by atoms with Crippen LogP contribution in [0.2, 0.25) is 0 Å². The molecule has 0 radical (unpaired) electrons. The van der Waals surface area contributed by atoms with Crippen LogP contribution in [0.4, 0.5) is 17.1 Å². The number of anilines is 3. The van der Waals surface area contributed by atoms with Gasteiger partial charge in [0.25, 0.3) is 0 Å². The monoisotopic (exact) mass is 533 g/mol. The van der Waals surface area contributed by atoms with Crippen molar-refractivity contribution >= 4 is 28.0 Å². The predicted molar refractivity (Wildman–Crippen MR) is 167 cm³/mol. The Bertz CT molecular complexity index is 1740. The van der Waals surface area contributed by atoms with Gasteiger partial charge in [-0.25, -0.2) is 4.58 Å². The van der Waals surface area contributed by atoms with Gasteiger partial charge >= 0.3 is 0 Å². The molecular formula is C34H37N4O2+. The molecule has 6 rings (SSSR count). The summed E-state index contributed by atoms with van der Waals surface area (Å²) in [4.78, 5) is 6.34. The van der Waals surface area contributed by atoms with Gasteiger partial charge in [0.05, 0.1) is 6.07 Å². The van der Waals surface area contributed by atoms with Crippen LogP contribution in [0.3, 0.4) is 0 Å². The molecule has 1 aliphatic carbocycles. The first-order valence-corrected chi connectivity index (χ1v) is 13.6. The molecule has 3 aliphatic rings. The lowest BCUT2D eigenvalue weighted by molar-refractivity contribution is 0.453. The van der Waals surface area contributed by atoms with Crippen molar-refractivity contribution < 1.29 is 9.15 Å². The molecule has 0 bridgehead atoms. The number of nitrogens with zero attached hydrogens (tertiary/aromatic N) is 4. The largest absolute Gasteiger partial charge is 0.457 e. The number of rotatable bonds is 4. The Morgan fingerprint density at radius 1 is 0.625 bits per heavy atom. The molecule has 40 heavy (non-hydrogen) atoms. The first kappa shape index (κ1) is 25.8. The summed E-state index contributed by atoms with van der Waals surface area (Å²) in [6, 6.07) is 26.2. The van der Waals surface area contributed by atoms with E-state index in [1.807, 2.05) is 0 Å². The van der Waals surface area contributed by atoms with Gasteiger partial charge in [-0.1, -0.05) is 12.1 Å². The maximum Gasteiger partial charge on any atom is 0.203 e. The van der Waals surface area contributed by atoms with Crippen molar-refractivity contribution in [1.82, 2.24) is 4.58 Å². The summed E-state index contributed by atoms with van der Waals surface area (Å²) in [5.74, 6) is 2.60. The molecule has 6 nitrogen and oxygen atoms in total. The molecule has 0 fully saturated rings. The van der Waals surface area contributed by atoms with Crippen molar-refractivity contribution in [3.05, 3.63) is 94.8 Å². The average Bonchev–Trinajstić information content (AvgIpc) is 2.93. The Morgan fingerprint density at radius 2 is 1.18 bits per heavy atom. The summed E-state index contributed by atoms with van der Waals surface area (Å²) in [5.41, 5.74) is 8.82. The van der Waals surface area contributed by atoms with Crippen molar-refractivity contribution in [2.75, 3.05) is 71.1 Å². The van der Waals surface area contributed by atoms with Gasteiger partial charge in [0.1, 0.15) is 36.9 Å². The minimum atomic E-state index is -0.0389. The third-order valence-corrected chi connectivity index (χ3v) is 7.92. The fraction of sp³-hybridized carbons (Fsp3) is 0.265. The zero-order valence-corrected chi connectivity index (χ0v) is 24.6. The van der Waals surface area contributed by atoms with Crippen LogP contribution in [0.25, 0.3) is 22.3 Å². The summed E-state index contributed by atoms with van der Waals surface area (Å²) >= 11 is 0. The molecule has 3 aromatic rings. The Morgan fingerprint density at radius 3 is 1.73 bits per heavy atom. The van der Waals surface area contributed by atoms with Gasteiger partial charge in [0.2, 0.25) is 5.36 Å². The van der Waals surface area contributed by atoms with Crippen LogP contribution in [0.5, 0.6) is 11.5 Å². The highest BCUT2D eigenvalue weighted by Gasteiger charge is 2.34. The highest BCUT2D eigenvalue weighted by atomic mass is 16.5. The first-order valence-electron chi connectivity index (χ1n) is 13.6. The molecule has 6 heteroatoms. The molecule has 0 atom stereocenters. The third kappa shape index (κ3) is 4.24. The average molecular weight is 534 g/mol. The summed E-state index contributed by atoms with van der Waals surface area (Å²) in [5, 5.41) is 2.21. The van der Waals surface area contributed by atoms with Crippen molar-refractivity contribution in [2.24, 2.45) is 0 Å². The van der Waals surface area contributed by atoms with E-state index in [1.54, 1.807) is 0 Å². The van der Waals surface area contributed by atoms with Crippen LogP contribution in [-0.4, -0.2) is 56.4 Å². The van der Waals surface area contributed by atoms with Gasteiger partial charge in [0, 0.05) is 112 Å². The van der Waals surface area contributed by atoms with Crippen molar-refractivity contribution in [1.29, 1.82) is 0 Å². The predicted octanol–water partition coefficient (Wildman–Crippen LogP) is 6.05. The third-order valence-electron chi connectivity index (χ3n) is 7.92. The minimum absolute atomic E-state index is 0.0389. The van der Waals surface area contributed by atoms with Crippen molar-refractivity contribution in [3.63, 3.8) is 0 Å². The Hall–Kier alpha value is -4.45. The maximum absolute atomic E-state index is 6.65. The molecule has 0 saturated heterocycles. The highest BCUT2D eigenvalue weighted by molar-refractivity contribution is 5.92. The Balaban J connectivity index is 1.73. The zero-order chi connectivity index (χ0) is 28.3. The lowest BCUT2D eigenvalue weighted by Gasteiger charge is -2.32. The van der Waals surface area contributed by atoms with Gasteiger partial charge in [-0.15, -0.1) is 0 Å². The molecule has 0 amide bonds. The number of benzene rings is 4. The first-order chi connectivity index (χ1) is 19.1. The molecule has 204 valence electrons. The Kier molecular flexibility index (Phi) is 6.21. The topological polar surface area (TPSA) is 35.1 Å². The van der Waals surface area contributed by atoms with Crippen LogP contribution in [0.1, 0.15) is 22.6 Å². The molecule has 0 unspecified atom stereocenters. The molecular weight excluding hydrogens is 496 g/mol. The van der Waals surface area contributed by atoms with Gasteiger partial charge < -0.3 is 23.9 Å². The number of hydrogen-bond donors (Lipinski definition) is 0. The summed E-state index contributed by atoms with van der Waals surface area (Å²) < 4.78 is 15.4. The lowest BCUT2D eigenvalue weighted by Crippen LogP contribution is -2.22. The molecule has 2 heterocycles. The highest BCUT2D eigenvalue weighted by Crippen LogP contribution is 2.53. The zero-order valence-electron chi connectivity index (χ0n) is 24.6. The van der Waals surface area contributed by atoms with E-state index in [-0.39, 0.29) is 5.92 Å². The van der Waals surface area contributed by atoms with Gasteiger partial charge in [0.15, 0.2) is 0 Å². The van der Waals surface area contributed by atoms with Crippen LogP contribution < -0.4 is 29.4 Å². The summed E-state index contributed by atoms with van der Waals surface area (Å²) in [7, 11) is 16.5. The van der Waals surface area contributed by atoms with E-state index in [1.165, 1.54) is 5.56 Å². The minimum Gasteiger partial charge on any atom is -0.457 e. The van der Waals surface area contributed by atoms with Crippen LogP contribution >= 0.6 is 0 Å². The molecule has 0 saturated carbocycles. The van der Waals surface area contributed by atoms with Crippen LogP contribution in [0.15, 0.2) is 77.2 Å². The molecule has 0 aromatic heterocycles. The molecule has 3 aromatic carbocycles.